The molecule has 1 atom stereocenters. The Balaban J connectivity index is 2.61. The van der Waals surface area contributed by atoms with Crippen LogP contribution in [0.15, 0.2) is 6.07 Å². The second-order valence-electron chi connectivity index (χ2n) is 5.53. The highest BCUT2D eigenvalue weighted by Crippen LogP contribution is 2.26. The van der Waals surface area contributed by atoms with Gasteiger partial charge in [-0.25, -0.2) is 0 Å². The molecule has 1 aromatic heterocycles. The summed E-state index contributed by atoms with van der Waals surface area (Å²) in [6.07, 6.45) is 0. The Morgan fingerprint density at radius 3 is 2.33 bits per heavy atom. The zero-order valence-electron chi connectivity index (χ0n) is 10.8. The van der Waals surface area contributed by atoms with Gasteiger partial charge in [0.15, 0.2) is 0 Å². The van der Waals surface area contributed by atoms with Crippen LogP contribution in [-0.2, 0) is 0 Å². The van der Waals surface area contributed by atoms with Crippen molar-refractivity contribution in [1.82, 2.24) is 5.32 Å². The van der Waals surface area contributed by atoms with Gasteiger partial charge in [0.05, 0.1) is 0 Å². The van der Waals surface area contributed by atoms with E-state index in [1.165, 1.54) is 15.3 Å². The first-order valence-corrected chi connectivity index (χ1v) is 6.41. The number of hydrogen-bond acceptors (Lipinski definition) is 2. The van der Waals surface area contributed by atoms with Crippen molar-refractivity contribution in [2.24, 2.45) is 5.41 Å². The standard InChI is InChI=1S/C13H23NS/c1-9-7-12(11(3)15-9)10(2)14-8-13(4,5)6/h7,10,14H,8H2,1-6H3. The third-order valence-electron chi connectivity index (χ3n) is 2.48. The minimum absolute atomic E-state index is 0.354. The zero-order chi connectivity index (χ0) is 11.6. The number of aryl methyl sites for hydroxylation is 2. The molecule has 0 aliphatic carbocycles. The lowest BCUT2D eigenvalue weighted by atomic mass is 9.96. The molecule has 0 aromatic carbocycles. The van der Waals surface area contributed by atoms with E-state index in [4.69, 9.17) is 0 Å². The van der Waals surface area contributed by atoms with Crippen molar-refractivity contribution in [2.75, 3.05) is 6.54 Å². The Morgan fingerprint density at radius 1 is 1.33 bits per heavy atom. The van der Waals surface area contributed by atoms with Gasteiger partial charge in [-0.15, -0.1) is 11.3 Å². The predicted molar refractivity (Wildman–Crippen MR) is 69.7 cm³/mol. The molecule has 0 aliphatic rings. The first kappa shape index (κ1) is 12.7. The molecular formula is C13H23NS. The van der Waals surface area contributed by atoms with E-state index in [2.05, 4.69) is 52.9 Å². The van der Waals surface area contributed by atoms with Crippen molar-refractivity contribution in [2.45, 2.75) is 47.6 Å². The molecule has 0 spiro atoms. The smallest absolute Gasteiger partial charge is 0.0303 e. The molecule has 0 fully saturated rings. The Hall–Kier alpha value is -0.340. The lowest BCUT2D eigenvalue weighted by Gasteiger charge is -2.22. The fraction of sp³-hybridized carbons (Fsp3) is 0.692. The molecule has 15 heavy (non-hydrogen) atoms. The van der Waals surface area contributed by atoms with E-state index in [0.717, 1.165) is 6.54 Å². The molecule has 1 N–H and O–H groups in total. The van der Waals surface area contributed by atoms with Crippen molar-refractivity contribution in [3.05, 3.63) is 21.4 Å². The van der Waals surface area contributed by atoms with Gasteiger partial charge in [-0.3, -0.25) is 0 Å². The van der Waals surface area contributed by atoms with E-state index in [1.54, 1.807) is 0 Å². The summed E-state index contributed by atoms with van der Waals surface area (Å²) in [7, 11) is 0. The minimum Gasteiger partial charge on any atom is -0.310 e. The highest BCUT2D eigenvalue weighted by Gasteiger charge is 2.15. The monoisotopic (exact) mass is 225 g/mol. The molecule has 0 saturated heterocycles. The normalized spacial score (nSPS) is 14.3. The van der Waals surface area contributed by atoms with E-state index in [-0.39, 0.29) is 0 Å². The third-order valence-corrected chi connectivity index (χ3v) is 3.47. The van der Waals surface area contributed by atoms with Gasteiger partial charge in [0.1, 0.15) is 0 Å². The predicted octanol–water partition coefficient (Wildman–Crippen LogP) is 4.06. The summed E-state index contributed by atoms with van der Waals surface area (Å²) in [5, 5.41) is 3.60. The fourth-order valence-corrected chi connectivity index (χ4v) is 2.67. The maximum atomic E-state index is 3.60. The quantitative estimate of drug-likeness (QED) is 0.818. The van der Waals surface area contributed by atoms with Crippen LogP contribution in [0.5, 0.6) is 0 Å². The van der Waals surface area contributed by atoms with Crippen LogP contribution >= 0.6 is 11.3 Å². The summed E-state index contributed by atoms with van der Waals surface area (Å²) in [4.78, 5) is 2.85. The van der Waals surface area contributed by atoms with E-state index in [1.807, 2.05) is 11.3 Å². The van der Waals surface area contributed by atoms with Gasteiger partial charge in [0, 0.05) is 22.3 Å². The van der Waals surface area contributed by atoms with Crippen molar-refractivity contribution in [3.63, 3.8) is 0 Å². The largest absolute Gasteiger partial charge is 0.310 e. The van der Waals surface area contributed by atoms with Gasteiger partial charge in [0.2, 0.25) is 0 Å². The molecule has 0 radical (unpaired) electrons. The van der Waals surface area contributed by atoms with Crippen LogP contribution in [0.2, 0.25) is 0 Å². The first-order chi connectivity index (χ1) is 6.79. The summed E-state index contributed by atoms with van der Waals surface area (Å²) in [5.74, 6) is 0. The zero-order valence-corrected chi connectivity index (χ0v) is 11.6. The lowest BCUT2D eigenvalue weighted by molar-refractivity contribution is 0.359. The van der Waals surface area contributed by atoms with E-state index in [9.17, 15) is 0 Å². The Kier molecular flexibility index (Phi) is 3.96. The number of hydrogen-bond donors (Lipinski definition) is 1. The molecule has 0 saturated carbocycles. The molecule has 0 bridgehead atoms. The summed E-state index contributed by atoms with van der Waals surface area (Å²) >= 11 is 1.89. The molecule has 1 rings (SSSR count). The van der Waals surface area contributed by atoms with E-state index < -0.39 is 0 Å². The van der Waals surface area contributed by atoms with Crippen molar-refractivity contribution in [1.29, 1.82) is 0 Å². The van der Waals surface area contributed by atoms with Gasteiger partial charge in [0.25, 0.3) is 0 Å². The average molecular weight is 225 g/mol. The van der Waals surface area contributed by atoms with Gasteiger partial charge in [-0.2, -0.15) is 0 Å². The van der Waals surface area contributed by atoms with Crippen molar-refractivity contribution in [3.8, 4) is 0 Å². The van der Waals surface area contributed by atoms with Crippen LogP contribution in [0, 0.1) is 19.3 Å². The topological polar surface area (TPSA) is 12.0 Å². The van der Waals surface area contributed by atoms with Gasteiger partial charge in [-0.1, -0.05) is 20.8 Å². The van der Waals surface area contributed by atoms with Crippen LogP contribution in [0.1, 0.15) is 49.1 Å². The van der Waals surface area contributed by atoms with Crippen LogP contribution in [0.4, 0.5) is 0 Å². The highest BCUT2D eigenvalue weighted by atomic mass is 32.1. The molecule has 86 valence electrons. The number of nitrogens with one attached hydrogen (secondary N) is 1. The van der Waals surface area contributed by atoms with Crippen LogP contribution in [0.3, 0.4) is 0 Å². The highest BCUT2D eigenvalue weighted by molar-refractivity contribution is 7.12. The summed E-state index contributed by atoms with van der Waals surface area (Å²) in [6, 6.07) is 2.77. The van der Waals surface area contributed by atoms with Gasteiger partial charge >= 0.3 is 0 Å². The molecular weight excluding hydrogens is 202 g/mol. The molecule has 1 nitrogen and oxygen atoms in total. The van der Waals surface area contributed by atoms with Crippen LogP contribution in [0.25, 0.3) is 0 Å². The number of rotatable bonds is 3. The maximum Gasteiger partial charge on any atom is 0.0303 e. The van der Waals surface area contributed by atoms with Gasteiger partial charge < -0.3 is 5.32 Å². The van der Waals surface area contributed by atoms with Crippen molar-refractivity contribution >= 4 is 11.3 Å². The third kappa shape index (κ3) is 3.96. The Morgan fingerprint density at radius 2 is 1.93 bits per heavy atom. The Labute approximate surface area is 97.9 Å². The molecule has 0 amide bonds. The summed E-state index contributed by atoms with van der Waals surface area (Å²) in [5.41, 5.74) is 1.81. The summed E-state index contributed by atoms with van der Waals surface area (Å²) in [6.45, 7) is 14.5. The van der Waals surface area contributed by atoms with E-state index >= 15 is 0 Å². The van der Waals surface area contributed by atoms with Gasteiger partial charge in [-0.05, 0) is 37.8 Å². The molecule has 1 heterocycles. The number of thiophene rings is 1. The molecule has 2 heteroatoms. The SMILES string of the molecule is Cc1cc(C(C)NCC(C)(C)C)c(C)s1. The fourth-order valence-electron chi connectivity index (χ4n) is 1.65. The first-order valence-electron chi connectivity index (χ1n) is 5.60. The summed E-state index contributed by atoms with van der Waals surface area (Å²) < 4.78 is 0. The second-order valence-corrected chi connectivity index (χ2v) is 6.99. The molecule has 1 aromatic rings. The van der Waals surface area contributed by atoms with Crippen molar-refractivity contribution < 1.29 is 0 Å². The van der Waals surface area contributed by atoms with Crippen LogP contribution < -0.4 is 5.32 Å². The lowest BCUT2D eigenvalue weighted by Crippen LogP contribution is -2.29. The van der Waals surface area contributed by atoms with Crippen LogP contribution in [-0.4, -0.2) is 6.54 Å². The Bertz CT molecular complexity index is 320. The molecule has 0 aliphatic heterocycles. The minimum atomic E-state index is 0.354. The van der Waals surface area contributed by atoms with E-state index in [0.29, 0.717) is 11.5 Å². The second kappa shape index (κ2) is 4.67. The molecule has 1 unspecified atom stereocenters. The average Bonchev–Trinajstić information content (AvgIpc) is 2.40. The maximum absolute atomic E-state index is 3.60.